The Bertz CT molecular complexity index is 845. The summed E-state index contributed by atoms with van der Waals surface area (Å²) < 4.78 is 0. The molecule has 3 rings (SSSR count). The van der Waals surface area contributed by atoms with Crippen LogP contribution in [0.15, 0.2) is 54.3 Å². The van der Waals surface area contributed by atoms with Gasteiger partial charge in [-0.25, -0.2) is 0 Å². The van der Waals surface area contributed by atoms with Crippen LogP contribution >= 0.6 is 0 Å². The molecule has 1 aliphatic carbocycles. The summed E-state index contributed by atoms with van der Waals surface area (Å²) in [6.45, 7) is 7.76. The number of amides is 1. The monoisotopic (exact) mass is 324 g/mol. The summed E-state index contributed by atoms with van der Waals surface area (Å²) in [5, 5.41) is 21.9. The van der Waals surface area contributed by atoms with Crippen molar-refractivity contribution in [2.75, 3.05) is 6.54 Å². The van der Waals surface area contributed by atoms with Crippen LogP contribution in [0.4, 0.5) is 0 Å². The third-order valence-electron chi connectivity index (χ3n) is 4.05. The maximum atomic E-state index is 11.7. The summed E-state index contributed by atoms with van der Waals surface area (Å²) in [5.74, 6) is -0.0353. The molecule has 1 aliphatic rings. The van der Waals surface area contributed by atoms with Crippen LogP contribution in [-0.4, -0.2) is 32.6 Å². The van der Waals surface area contributed by atoms with E-state index in [0.29, 0.717) is 24.2 Å². The average Bonchev–Trinajstić information content (AvgIpc) is 2.99. The Balaban J connectivity index is 1.90. The molecule has 6 heteroatoms. The molecule has 6 nitrogen and oxygen atoms in total. The van der Waals surface area contributed by atoms with Crippen LogP contribution in [0.1, 0.15) is 20.3 Å². The molecule has 24 heavy (non-hydrogen) atoms. The molecule has 0 bridgehead atoms. The molecular formula is C18H20N4O2. The highest BCUT2D eigenvalue weighted by Gasteiger charge is 2.28. The van der Waals surface area contributed by atoms with Crippen molar-refractivity contribution >= 4 is 22.6 Å². The van der Waals surface area contributed by atoms with Gasteiger partial charge in [0.25, 0.3) is 0 Å². The molecular weight excluding hydrogens is 304 g/mol. The molecule has 1 unspecified atom stereocenters. The van der Waals surface area contributed by atoms with Gasteiger partial charge in [-0.05, 0) is 37.6 Å². The van der Waals surface area contributed by atoms with Crippen LogP contribution in [0.5, 0.6) is 0 Å². The van der Waals surface area contributed by atoms with E-state index < -0.39 is 0 Å². The van der Waals surface area contributed by atoms with Crippen LogP contribution in [0.2, 0.25) is 0 Å². The lowest BCUT2D eigenvalue weighted by Crippen LogP contribution is -2.36. The van der Waals surface area contributed by atoms with Gasteiger partial charge >= 0.3 is 0 Å². The molecule has 0 aliphatic heterocycles. The second-order valence-electron chi connectivity index (χ2n) is 6.42. The van der Waals surface area contributed by atoms with Crippen molar-refractivity contribution in [1.29, 1.82) is 0 Å². The van der Waals surface area contributed by atoms with Gasteiger partial charge in [0, 0.05) is 17.5 Å². The van der Waals surface area contributed by atoms with Gasteiger partial charge in [-0.1, -0.05) is 25.6 Å². The summed E-state index contributed by atoms with van der Waals surface area (Å²) in [5.41, 5.74) is 2.16. The number of carbonyl (C=O) groups is 1. The van der Waals surface area contributed by atoms with Gasteiger partial charge in [0.2, 0.25) is 5.91 Å². The highest BCUT2D eigenvalue weighted by molar-refractivity contribution is 5.92. The number of hydrogen-bond donors (Lipinski definition) is 2. The van der Waals surface area contributed by atoms with E-state index in [1.165, 1.54) is 4.80 Å². The quantitative estimate of drug-likeness (QED) is 0.848. The number of allylic oxidation sites excluding steroid dienone is 2. The number of nitrogens with zero attached hydrogens (tertiary/aromatic N) is 3. The summed E-state index contributed by atoms with van der Waals surface area (Å²) >= 11 is 0. The molecule has 0 fully saturated rings. The van der Waals surface area contributed by atoms with Gasteiger partial charge in [0.1, 0.15) is 22.5 Å². The lowest BCUT2D eigenvalue weighted by molar-refractivity contribution is -0.117. The van der Waals surface area contributed by atoms with E-state index in [4.69, 9.17) is 0 Å². The average molecular weight is 324 g/mol. The summed E-state index contributed by atoms with van der Waals surface area (Å²) in [4.78, 5) is 13.2. The van der Waals surface area contributed by atoms with Gasteiger partial charge in [-0.15, -0.1) is 15.0 Å². The number of aromatic nitrogens is 3. The molecule has 1 amide bonds. The zero-order valence-electron chi connectivity index (χ0n) is 13.8. The number of hydrogen-bond acceptors (Lipinski definition) is 4. The highest BCUT2D eigenvalue weighted by Crippen LogP contribution is 2.33. The number of aliphatic hydroxyl groups is 1. The van der Waals surface area contributed by atoms with Gasteiger partial charge in [0.05, 0.1) is 0 Å². The third-order valence-corrected chi connectivity index (χ3v) is 4.05. The number of rotatable bonds is 4. The molecule has 1 aromatic carbocycles. The van der Waals surface area contributed by atoms with E-state index in [9.17, 15) is 9.90 Å². The zero-order valence-corrected chi connectivity index (χ0v) is 13.8. The first-order chi connectivity index (χ1) is 11.4. The molecule has 0 saturated heterocycles. The minimum Gasteiger partial charge on any atom is -0.506 e. The third kappa shape index (κ3) is 3.08. The molecule has 0 spiro atoms. The van der Waals surface area contributed by atoms with Crippen LogP contribution in [0.25, 0.3) is 16.7 Å². The van der Waals surface area contributed by atoms with Crippen molar-refractivity contribution in [3.63, 3.8) is 0 Å². The topological polar surface area (TPSA) is 80.0 Å². The maximum Gasteiger partial charge on any atom is 0.246 e. The largest absolute Gasteiger partial charge is 0.506 e. The summed E-state index contributed by atoms with van der Waals surface area (Å²) in [6, 6.07) is 7.53. The van der Waals surface area contributed by atoms with Gasteiger partial charge in [-0.2, -0.15) is 0 Å². The number of aliphatic hydroxyl groups excluding tert-OH is 1. The van der Waals surface area contributed by atoms with E-state index in [-0.39, 0.29) is 17.1 Å². The lowest BCUT2D eigenvalue weighted by Gasteiger charge is -2.29. The van der Waals surface area contributed by atoms with E-state index in [1.807, 2.05) is 37.3 Å². The molecule has 124 valence electrons. The fraction of sp³-hybridized carbons (Fsp3) is 0.278. The lowest BCUT2D eigenvalue weighted by atomic mass is 9.82. The normalized spacial score (nSPS) is 20.4. The Morgan fingerprint density at radius 1 is 1.38 bits per heavy atom. The molecule has 1 heterocycles. The summed E-state index contributed by atoms with van der Waals surface area (Å²) in [6.07, 6.45) is 4.25. The van der Waals surface area contributed by atoms with Crippen molar-refractivity contribution in [2.45, 2.75) is 20.3 Å². The molecule has 2 N–H and O–H groups in total. The predicted molar refractivity (Wildman–Crippen MR) is 93.1 cm³/mol. The van der Waals surface area contributed by atoms with E-state index in [0.717, 1.165) is 11.0 Å². The Kier molecular flexibility index (Phi) is 3.97. The van der Waals surface area contributed by atoms with Crippen molar-refractivity contribution in [1.82, 2.24) is 20.3 Å². The van der Waals surface area contributed by atoms with Gasteiger partial charge < -0.3 is 10.4 Å². The van der Waals surface area contributed by atoms with Gasteiger partial charge in [0.15, 0.2) is 0 Å². The number of benzene rings is 1. The fourth-order valence-corrected chi connectivity index (χ4v) is 2.58. The Labute approximate surface area is 140 Å². The van der Waals surface area contributed by atoms with Crippen LogP contribution in [0.3, 0.4) is 0 Å². The van der Waals surface area contributed by atoms with Crippen molar-refractivity contribution < 1.29 is 9.90 Å². The van der Waals surface area contributed by atoms with Crippen molar-refractivity contribution in [3.05, 3.63) is 54.3 Å². The first kappa shape index (κ1) is 16.0. The second kappa shape index (κ2) is 5.96. The smallest absolute Gasteiger partial charge is 0.246 e. The second-order valence-corrected chi connectivity index (χ2v) is 6.42. The molecule has 2 aromatic rings. The Hall–Kier alpha value is -2.89. The predicted octanol–water partition coefficient (Wildman–Crippen LogP) is 2.82. The van der Waals surface area contributed by atoms with E-state index >= 15 is 0 Å². The minimum absolute atomic E-state index is 0.138. The highest BCUT2D eigenvalue weighted by atomic mass is 16.3. The number of nitrogens with one attached hydrogen (secondary N) is 1. The molecule has 1 aromatic heterocycles. The maximum absolute atomic E-state index is 11.7. The minimum atomic E-state index is -0.341. The van der Waals surface area contributed by atoms with Crippen LogP contribution in [0, 0.1) is 5.41 Å². The van der Waals surface area contributed by atoms with Gasteiger partial charge in [-0.3, -0.25) is 4.79 Å². The van der Waals surface area contributed by atoms with Crippen LogP contribution < -0.4 is 5.32 Å². The Morgan fingerprint density at radius 3 is 2.58 bits per heavy atom. The van der Waals surface area contributed by atoms with E-state index in [1.54, 1.807) is 13.0 Å². The fourth-order valence-electron chi connectivity index (χ4n) is 2.58. The molecule has 1 atom stereocenters. The SMILES string of the molecule is C=C(C)C(=O)NCC1(C)C=C(n2nc3ccccc3n2)C(O)=CC1. The Morgan fingerprint density at radius 2 is 2.00 bits per heavy atom. The molecule has 0 radical (unpaired) electrons. The van der Waals surface area contributed by atoms with Crippen molar-refractivity contribution in [2.24, 2.45) is 5.41 Å². The molecule has 0 saturated carbocycles. The van der Waals surface area contributed by atoms with Crippen molar-refractivity contribution in [3.8, 4) is 0 Å². The zero-order chi connectivity index (χ0) is 17.3. The summed E-state index contributed by atoms with van der Waals surface area (Å²) in [7, 11) is 0. The van der Waals surface area contributed by atoms with E-state index in [2.05, 4.69) is 22.1 Å². The first-order valence-corrected chi connectivity index (χ1v) is 7.76. The van der Waals surface area contributed by atoms with Crippen LogP contribution in [-0.2, 0) is 4.79 Å². The standard InChI is InChI=1S/C18H20N4O2/c1-12(2)17(24)19-11-18(3)9-8-16(23)15(10-18)22-20-13-6-4-5-7-14(13)21-22/h4-8,10,23H,1,9,11H2,2-3H3,(H,19,24). The number of fused-ring (bicyclic) bond motifs is 1. The number of carbonyl (C=O) groups excluding carboxylic acids is 1. The first-order valence-electron chi connectivity index (χ1n) is 7.76.